The zero-order valence-electron chi connectivity index (χ0n) is 27.5. The zero-order valence-corrected chi connectivity index (χ0v) is 27.5. The van der Waals surface area contributed by atoms with Gasteiger partial charge in [-0.15, -0.1) is 11.8 Å². The summed E-state index contributed by atoms with van der Waals surface area (Å²) in [7, 11) is 0. The number of fused-ring (bicyclic) bond motifs is 4. The van der Waals surface area contributed by atoms with Crippen LogP contribution < -0.4 is 11.5 Å². The number of ether oxygens (including phenoxy) is 2. The van der Waals surface area contributed by atoms with Gasteiger partial charge in [0.1, 0.15) is 0 Å². The molecule has 42 heavy (non-hydrogen) atoms. The van der Waals surface area contributed by atoms with Crippen LogP contribution in [0.3, 0.4) is 0 Å². The van der Waals surface area contributed by atoms with Gasteiger partial charge in [0, 0.05) is 39.2 Å². The highest BCUT2D eigenvalue weighted by atomic mass is 16.5. The molecule has 0 spiro atoms. The number of carbonyl (C=O) groups is 2. The lowest BCUT2D eigenvalue weighted by Gasteiger charge is -2.61. The van der Waals surface area contributed by atoms with E-state index in [9.17, 15) is 9.59 Å². The van der Waals surface area contributed by atoms with Gasteiger partial charge in [-0.05, 0) is 112 Å². The first kappa shape index (κ1) is 34.6. The molecule has 8 unspecified atom stereocenters. The third kappa shape index (κ3) is 8.63. The largest absolute Gasteiger partial charge is 0.466 e. The van der Waals surface area contributed by atoms with E-state index in [1.165, 1.54) is 25.7 Å². The highest BCUT2D eigenvalue weighted by Gasteiger charge is 2.57. The molecule has 6 rings (SSSR count). The second kappa shape index (κ2) is 15.8. The van der Waals surface area contributed by atoms with Crippen LogP contribution in [0.5, 0.6) is 0 Å². The minimum atomic E-state index is -0.115. The molecule has 0 amide bonds. The Morgan fingerprint density at radius 1 is 0.786 bits per heavy atom. The molecule has 8 atom stereocenters. The molecule has 0 radical (unpaired) electrons. The molecule has 0 aromatic rings. The quantitative estimate of drug-likeness (QED) is 0.110. The van der Waals surface area contributed by atoms with Crippen molar-refractivity contribution >= 4 is 11.9 Å². The lowest BCUT2D eigenvalue weighted by atomic mass is 9.45. The number of hydrogen-bond donors (Lipinski definition) is 2. The van der Waals surface area contributed by atoms with Crippen LogP contribution in [-0.4, -0.2) is 37.2 Å². The summed E-state index contributed by atoms with van der Waals surface area (Å²) in [6, 6.07) is 0.688. The fourth-order valence-corrected chi connectivity index (χ4v) is 8.23. The van der Waals surface area contributed by atoms with Crippen molar-refractivity contribution in [1.29, 1.82) is 0 Å². The Labute approximate surface area is 258 Å². The predicted octanol–water partition coefficient (Wildman–Crippen LogP) is 7.04. The average molecular weight is 587 g/mol. The van der Waals surface area contributed by atoms with Crippen LogP contribution in [0.2, 0.25) is 0 Å². The van der Waals surface area contributed by atoms with E-state index in [0.717, 1.165) is 56.3 Å². The zero-order chi connectivity index (χ0) is 30.9. The Hall–Kier alpha value is -1.84. The average Bonchev–Trinajstić information content (AvgIpc) is 2.94. The van der Waals surface area contributed by atoms with Crippen LogP contribution in [0.15, 0.2) is 12.2 Å². The summed E-state index contributed by atoms with van der Waals surface area (Å²) in [5.41, 5.74) is 13.8. The van der Waals surface area contributed by atoms with Gasteiger partial charge in [0.15, 0.2) is 0 Å². The van der Waals surface area contributed by atoms with Gasteiger partial charge in [-0.2, -0.15) is 0 Å². The summed E-state index contributed by atoms with van der Waals surface area (Å²) in [6.45, 7) is 14.1. The number of carbonyl (C=O) groups excluding carboxylic acids is 2. The van der Waals surface area contributed by atoms with Crippen LogP contribution in [0.25, 0.3) is 0 Å². The van der Waals surface area contributed by atoms with E-state index in [1.54, 1.807) is 0 Å². The van der Waals surface area contributed by atoms with Crippen molar-refractivity contribution in [2.24, 2.45) is 57.8 Å². The first-order chi connectivity index (χ1) is 19.9. The molecule has 0 aliphatic heterocycles. The van der Waals surface area contributed by atoms with Gasteiger partial charge in [0.25, 0.3) is 0 Å². The van der Waals surface area contributed by atoms with Gasteiger partial charge in [0.2, 0.25) is 0 Å². The standard InChI is InChI=1S/C18H31NO2.C18H29NO2.H2/c2*1-4-21-16(20)10-8-6-5-7-9-13-11-14-12-15(17(13)19)18(14,2)3;/h5,7,13-15,17H,4,6,8-12,19H2,1-3H3;13-15,17H,4,6,8-12,19H2,1-3H3;1H/b7-5-;;. The van der Waals surface area contributed by atoms with Crippen molar-refractivity contribution in [2.45, 2.75) is 131 Å². The first-order valence-electron chi connectivity index (χ1n) is 16.9. The molecule has 4 N–H and O–H groups in total. The summed E-state index contributed by atoms with van der Waals surface area (Å²) in [5.74, 6) is 10.6. The maximum absolute atomic E-state index is 11.2. The molecule has 6 fully saturated rings. The molecular formula is C36H62N2O4. The van der Waals surface area contributed by atoms with Crippen LogP contribution in [0.4, 0.5) is 0 Å². The van der Waals surface area contributed by atoms with E-state index in [-0.39, 0.29) is 13.4 Å². The third-order valence-corrected chi connectivity index (χ3v) is 11.4. The Morgan fingerprint density at radius 2 is 1.31 bits per heavy atom. The Bertz CT molecular complexity index is 983. The van der Waals surface area contributed by atoms with Crippen molar-refractivity contribution in [3.05, 3.63) is 12.2 Å². The summed E-state index contributed by atoms with van der Waals surface area (Å²) < 4.78 is 9.80. The van der Waals surface area contributed by atoms with E-state index >= 15 is 0 Å². The summed E-state index contributed by atoms with van der Waals surface area (Å²) in [5, 5.41) is 0. The molecule has 0 heterocycles. The normalized spacial score (nSPS) is 33.1. The molecule has 6 heteroatoms. The molecule has 0 aromatic heterocycles. The molecule has 0 aromatic carbocycles. The number of nitrogens with two attached hydrogens (primary N) is 2. The van der Waals surface area contributed by atoms with Crippen LogP contribution in [0.1, 0.15) is 120 Å². The minimum absolute atomic E-state index is 0. The van der Waals surface area contributed by atoms with Gasteiger partial charge >= 0.3 is 11.9 Å². The van der Waals surface area contributed by atoms with Gasteiger partial charge in [-0.3, -0.25) is 9.59 Å². The van der Waals surface area contributed by atoms with Crippen molar-refractivity contribution < 1.29 is 20.5 Å². The highest BCUT2D eigenvalue weighted by molar-refractivity contribution is 5.69. The molecule has 6 saturated carbocycles. The first-order valence-corrected chi connectivity index (χ1v) is 16.9. The number of rotatable bonds is 12. The second-order valence-electron chi connectivity index (χ2n) is 14.5. The highest BCUT2D eigenvalue weighted by Crippen LogP contribution is 2.61. The Kier molecular flexibility index (Phi) is 13.0. The number of allylic oxidation sites excluding steroid dienone is 2. The smallest absolute Gasteiger partial charge is 0.305 e. The van der Waals surface area contributed by atoms with Crippen molar-refractivity contribution in [3.63, 3.8) is 0 Å². The van der Waals surface area contributed by atoms with Gasteiger partial charge < -0.3 is 20.9 Å². The summed E-state index contributed by atoms with van der Waals surface area (Å²) in [4.78, 5) is 22.4. The fourth-order valence-electron chi connectivity index (χ4n) is 8.23. The Balaban J connectivity index is 0.000000293. The van der Waals surface area contributed by atoms with E-state index in [4.69, 9.17) is 20.9 Å². The SMILES string of the molecule is CCOC(=O)CCC/C=C\CC1CC2CC(C1N)C2(C)C.CCOC(=O)CCCC#CCC1CC2CC(C1N)C2(C)C.[HH]. The number of hydrogen-bond acceptors (Lipinski definition) is 6. The van der Waals surface area contributed by atoms with Crippen LogP contribution in [-0.2, 0) is 19.1 Å². The van der Waals surface area contributed by atoms with Gasteiger partial charge in [-0.25, -0.2) is 0 Å². The number of unbranched alkanes of at least 4 members (excludes halogenated alkanes) is 2. The molecule has 240 valence electrons. The van der Waals surface area contributed by atoms with E-state index in [0.29, 0.717) is 66.7 Å². The monoisotopic (exact) mass is 586 g/mol. The summed E-state index contributed by atoms with van der Waals surface area (Å²) in [6.07, 6.45) is 16.1. The van der Waals surface area contributed by atoms with Crippen molar-refractivity contribution in [2.75, 3.05) is 13.2 Å². The van der Waals surface area contributed by atoms with E-state index < -0.39 is 0 Å². The predicted molar refractivity (Wildman–Crippen MR) is 172 cm³/mol. The molecule has 6 aliphatic carbocycles. The van der Waals surface area contributed by atoms with Crippen LogP contribution >= 0.6 is 0 Å². The molecule has 6 aliphatic rings. The Morgan fingerprint density at radius 3 is 1.81 bits per heavy atom. The number of esters is 2. The third-order valence-electron chi connectivity index (χ3n) is 11.4. The lowest BCUT2D eigenvalue weighted by molar-refractivity contribution is -0.144. The van der Waals surface area contributed by atoms with Crippen LogP contribution in [0, 0.1) is 58.2 Å². The second-order valence-corrected chi connectivity index (χ2v) is 14.5. The topological polar surface area (TPSA) is 105 Å². The molecule has 4 bridgehead atoms. The van der Waals surface area contributed by atoms with E-state index in [1.807, 2.05) is 13.8 Å². The minimum Gasteiger partial charge on any atom is -0.466 e. The summed E-state index contributed by atoms with van der Waals surface area (Å²) >= 11 is 0. The lowest BCUT2D eigenvalue weighted by Crippen LogP contribution is -2.61. The molecule has 0 saturated heterocycles. The van der Waals surface area contributed by atoms with Gasteiger partial charge in [-0.1, -0.05) is 39.8 Å². The maximum atomic E-state index is 11.2. The molecular weight excluding hydrogens is 524 g/mol. The fraction of sp³-hybridized carbons (Fsp3) is 0.833. The van der Waals surface area contributed by atoms with Crippen molar-refractivity contribution in [1.82, 2.24) is 0 Å². The maximum Gasteiger partial charge on any atom is 0.305 e. The van der Waals surface area contributed by atoms with E-state index in [2.05, 4.69) is 51.7 Å². The van der Waals surface area contributed by atoms with Gasteiger partial charge in [0.05, 0.1) is 13.2 Å². The van der Waals surface area contributed by atoms with Crippen molar-refractivity contribution in [3.8, 4) is 11.8 Å². The molecule has 6 nitrogen and oxygen atoms in total.